The molecule has 26 heavy (non-hydrogen) atoms. The first-order chi connectivity index (χ1) is 12.5. The van der Waals surface area contributed by atoms with Crippen molar-refractivity contribution in [2.24, 2.45) is 0 Å². The minimum atomic E-state index is -0.418. The fraction of sp³-hybridized carbons (Fsp3) is 0.200. The van der Waals surface area contributed by atoms with E-state index in [9.17, 15) is 4.79 Å². The summed E-state index contributed by atoms with van der Waals surface area (Å²) in [5.41, 5.74) is 3.76. The number of ether oxygens (including phenoxy) is 2. The van der Waals surface area contributed by atoms with Gasteiger partial charge in [-0.1, -0.05) is 22.0 Å². The molecular weight excluding hydrogens is 396 g/mol. The monoisotopic (exact) mass is 414 g/mol. The summed E-state index contributed by atoms with van der Waals surface area (Å²) in [5, 5.41) is 4.13. The average Bonchev–Trinajstić information content (AvgIpc) is 2.64. The Balaban J connectivity index is 2.18. The Morgan fingerprint density at radius 3 is 2.73 bits per heavy atom. The molecule has 0 aliphatic carbocycles. The van der Waals surface area contributed by atoms with Gasteiger partial charge in [-0.05, 0) is 49.7 Å². The van der Waals surface area contributed by atoms with Crippen LogP contribution in [0.2, 0.25) is 0 Å². The fourth-order valence-electron chi connectivity index (χ4n) is 2.61. The van der Waals surface area contributed by atoms with Gasteiger partial charge in [-0.2, -0.15) is 0 Å². The van der Waals surface area contributed by atoms with Gasteiger partial charge in [0.25, 0.3) is 0 Å². The van der Waals surface area contributed by atoms with E-state index in [1.165, 1.54) is 0 Å². The van der Waals surface area contributed by atoms with E-state index < -0.39 is 5.97 Å². The molecule has 0 amide bonds. The summed E-state index contributed by atoms with van der Waals surface area (Å²) in [6, 6.07) is 11.5. The zero-order valence-corrected chi connectivity index (χ0v) is 16.4. The van der Waals surface area contributed by atoms with Crippen LogP contribution in [0.5, 0.6) is 5.75 Å². The first kappa shape index (κ1) is 18.2. The Morgan fingerprint density at radius 1 is 1.23 bits per heavy atom. The number of esters is 1. The van der Waals surface area contributed by atoms with Crippen molar-refractivity contribution in [1.82, 2.24) is 4.98 Å². The molecule has 3 rings (SSSR count). The van der Waals surface area contributed by atoms with E-state index >= 15 is 0 Å². The highest BCUT2D eigenvalue weighted by molar-refractivity contribution is 9.10. The summed E-state index contributed by atoms with van der Waals surface area (Å²) < 4.78 is 11.5. The van der Waals surface area contributed by atoms with Crippen molar-refractivity contribution >= 4 is 44.2 Å². The van der Waals surface area contributed by atoms with Crippen LogP contribution in [0.3, 0.4) is 0 Å². The van der Waals surface area contributed by atoms with E-state index in [4.69, 9.17) is 9.47 Å². The number of aromatic nitrogens is 1. The van der Waals surface area contributed by atoms with Gasteiger partial charge in [0, 0.05) is 21.7 Å². The number of hydrogen-bond donors (Lipinski definition) is 1. The molecule has 3 aromatic rings. The van der Waals surface area contributed by atoms with E-state index in [0.717, 1.165) is 26.6 Å². The Hall–Kier alpha value is -2.60. The van der Waals surface area contributed by atoms with Gasteiger partial charge in [0.15, 0.2) is 0 Å². The summed E-state index contributed by atoms with van der Waals surface area (Å²) >= 11 is 3.54. The number of anilines is 2. The molecule has 134 valence electrons. The molecule has 0 saturated heterocycles. The molecule has 1 aromatic heterocycles. The number of methoxy groups -OCH3 is 1. The molecule has 0 saturated carbocycles. The van der Waals surface area contributed by atoms with Gasteiger partial charge in [-0.25, -0.2) is 4.79 Å². The lowest BCUT2D eigenvalue weighted by Gasteiger charge is -2.15. The predicted octanol–water partition coefficient (Wildman–Crippen LogP) is 5.23. The highest BCUT2D eigenvalue weighted by atomic mass is 79.9. The number of benzene rings is 2. The number of halogens is 1. The first-order valence-corrected chi connectivity index (χ1v) is 8.99. The van der Waals surface area contributed by atoms with Crippen LogP contribution in [0.4, 0.5) is 11.4 Å². The van der Waals surface area contributed by atoms with Crippen molar-refractivity contribution in [3.05, 3.63) is 58.2 Å². The molecular formula is C20H19BrN2O3. The minimum absolute atomic E-state index is 0.296. The van der Waals surface area contributed by atoms with Crippen molar-refractivity contribution in [3.8, 4) is 5.75 Å². The Labute approximate surface area is 160 Å². The highest BCUT2D eigenvalue weighted by Gasteiger charge is 2.17. The SMILES string of the molecule is CCOC(=O)c1cnc2ccc(OC)cc2c1Nc1ccc(C)c(Br)c1. The minimum Gasteiger partial charge on any atom is -0.497 e. The zero-order chi connectivity index (χ0) is 18.7. The molecule has 5 nitrogen and oxygen atoms in total. The maximum atomic E-state index is 12.4. The molecule has 1 heterocycles. The van der Waals surface area contributed by atoms with Gasteiger partial charge < -0.3 is 14.8 Å². The third-order valence-corrected chi connectivity index (χ3v) is 4.87. The first-order valence-electron chi connectivity index (χ1n) is 8.20. The van der Waals surface area contributed by atoms with Crippen molar-refractivity contribution in [2.45, 2.75) is 13.8 Å². The van der Waals surface area contributed by atoms with Gasteiger partial charge in [0.2, 0.25) is 0 Å². The lowest BCUT2D eigenvalue weighted by Crippen LogP contribution is -2.09. The molecule has 0 bridgehead atoms. The van der Waals surface area contributed by atoms with Crippen molar-refractivity contribution in [2.75, 3.05) is 19.0 Å². The van der Waals surface area contributed by atoms with Crippen LogP contribution in [0.25, 0.3) is 10.9 Å². The number of aryl methyl sites for hydroxylation is 1. The highest BCUT2D eigenvalue weighted by Crippen LogP contribution is 2.33. The summed E-state index contributed by atoms with van der Waals surface area (Å²) in [5.74, 6) is 0.270. The molecule has 2 aromatic carbocycles. The second kappa shape index (κ2) is 7.74. The van der Waals surface area contributed by atoms with E-state index in [-0.39, 0.29) is 0 Å². The van der Waals surface area contributed by atoms with Crippen LogP contribution in [0.15, 0.2) is 47.1 Å². The maximum Gasteiger partial charge on any atom is 0.341 e. The average molecular weight is 415 g/mol. The number of fused-ring (bicyclic) bond motifs is 1. The number of nitrogens with one attached hydrogen (secondary N) is 1. The Bertz CT molecular complexity index is 973. The van der Waals surface area contributed by atoms with Crippen LogP contribution >= 0.6 is 15.9 Å². The molecule has 0 atom stereocenters. The standard InChI is InChI=1S/C20H19BrN2O3/c1-4-26-20(24)16-11-22-18-8-7-14(25-3)10-15(18)19(16)23-13-6-5-12(2)17(21)9-13/h5-11H,4H2,1-3H3,(H,22,23). The normalized spacial score (nSPS) is 10.6. The van der Waals surface area contributed by atoms with Gasteiger partial charge in [-0.15, -0.1) is 0 Å². The third-order valence-electron chi connectivity index (χ3n) is 4.01. The quantitative estimate of drug-likeness (QED) is 0.578. The number of carbonyl (C=O) groups excluding carboxylic acids is 1. The number of rotatable bonds is 5. The molecule has 0 aliphatic heterocycles. The van der Waals surface area contributed by atoms with Gasteiger partial charge in [-0.3, -0.25) is 4.98 Å². The lowest BCUT2D eigenvalue weighted by molar-refractivity contribution is 0.0527. The maximum absolute atomic E-state index is 12.4. The zero-order valence-electron chi connectivity index (χ0n) is 14.8. The number of nitrogens with zero attached hydrogens (tertiary/aromatic N) is 1. The number of hydrogen-bond acceptors (Lipinski definition) is 5. The third kappa shape index (κ3) is 3.65. The molecule has 0 radical (unpaired) electrons. The van der Waals surface area contributed by atoms with Crippen LogP contribution < -0.4 is 10.1 Å². The van der Waals surface area contributed by atoms with Gasteiger partial charge >= 0.3 is 5.97 Å². The number of carbonyl (C=O) groups is 1. The van der Waals surface area contributed by atoms with Crippen LogP contribution in [-0.2, 0) is 4.74 Å². The molecule has 6 heteroatoms. The smallest absolute Gasteiger partial charge is 0.341 e. The topological polar surface area (TPSA) is 60.5 Å². The fourth-order valence-corrected chi connectivity index (χ4v) is 2.99. The van der Waals surface area contributed by atoms with E-state index in [1.807, 2.05) is 43.3 Å². The van der Waals surface area contributed by atoms with Crippen molar-refractivity contribution in [3.63, 3.8) is 0 Å². The summed E-state index contributed by atoms with van der Waals surface area (Å²) in [6.45, 7) is 4.09. The molecule has 0 fully saturated rings. The Morgan fingerprint density at radius 2 is 2.04 bits per heavy atom. The number of pyridine rings is 1. The van der Waals surface area contributed by atoms with E-state index in [0.29, 0.717) is 23.6 Å². The summed E-state index contributed by atoms with van der Waals surface area (Å²) in [6.07, 6.45) is 1.54. The van der Waals surface area contributed by atoms with Gasteiger partial charge in [0.05, 0.1) is 24.9 Å². The molecule has 1 N–H and O–H groups in total. The molecule has 0 unspecified atom stereocenters. The lowest BCUT2D eigenvalue weighted by atomic mass is 10.1. The van der Waals surface area contributed by atoms with Crippen molar-refractivity contribution < 1.29 is 14.3 Å². The summed E-state index contributed by atoms with van der Waals surface area (Å²) in [4.78, 5) is 16.8. The van der Waals surface area contributed by atoms with Crippen LogP contribution in [0, 0.1) is 6.92 Å². The molecule has 0 aliphatic rings. The molecule has 0 spiro atoms. The van der Waals surface area contributed by atoms with Crippen LogP contribution in [0.1, 0.15) is 22.8 Å². The Kier molecular flexibility index (Phi) is 5.42. The van der Waals surface area contributed by atoms with Crippen LogP contribution in [-0.4, -0.2) is 24.7 Å². The predicted molar refractivity (Wildman–Crippen MR) is 106 cm³/mol. The second-order valence-electron chi connectivity index (χ2n) is 5.74. The van der Waals surface area contributed by atoms with E-state index in [1.54, 1.807) is 20.2 Å². The van der Waals surface area contributed by atoms with Crippen molar-refractivity contribution in [1.29, 1.82) is 0 Å². The van der Waals surface area contributed by atoms with Gasteiger partial charge in [0.1, 0.15) is 11.3 Å². The summed E-state index contributed by atoms with van der Waals surface area (Å²) in [7, 11) is 1.61. The van der Waals surface area contributed by atoms with E-state index in [2.05, 4.69) is 26.2 Å². The largest absolute Gasteiger partial charge is 0.497 e. The second-order valence-corrected chi connectivity index (χ2v) is 6.59.